The van der Waals surface area contributed by atoms with Crippen molar-refractivity contribution in [1.29, 1.82) is 0 Å². The van der Waals surface area contributed by atoms with E-state index in [1.54, 1.807) is 7.11 Å². The van der Waals surface area contributed by atoms with Gasteiger partial charge in [0.2, 0.25) is 0 Å². The van der Waals surface area contributed by atoms with E-state index in [2.05, 4.69) is 23.7 Å². The van der Waals surface area contributed by atoms with Crippen molar-refractivity contribution in [2.75, 3.05) is 46.4 Å². The predicted octanol–water partition coefficient (Wildman–Crippen LogP) is 1.90. The molecule has 0 spiro atoms. The van der Waals surface area contributed by atoms with Gasteiger partial charge in [0.05, 0.1) is 6.61 Å². The topological polar surface area (TPSA) is 24.5 Å². The highest BCUT2D eigenvalue weighted by Crippen LogP contribution is 2.17. The summed E-state index contributed by atoms with van der Waals surface area (Å²) in [5.74, 6) is 0.713. The Kier molecular flexibility index (Phi) is 7.49. The molecule has 3 nitrogen and oxygen atoms in total. The van der Waals surface area contributed by atoms with Crippen molar-refractivity contribution < 1.29 is 4.74 Å². The number of nitrogens with one attached hydrogen (secondary N) is 1. The molecule has 1 atom stereocenters. The molecule has 0 aliphatic carbocycles. The second kappa shape index (κ2) is 8.67. The van der Waals surface area contributed by atoms with Crippen molar-refractivity contribution in [2.24, 2.45) is 5.92 Å². The van der Waals surface area contributed by atoms with Gasteiger partial charge >= 0.3 is 0 Å². The van der Waals surface area contributed by atoms with Crippen LogP contribution in [-0.4, -0.2) is 51.3 Å². The van der Waals surface area contributed by atoms with Crippen LogP contribution in [0.4, 0.5) is 0 Å². The van der Waals surface area contributed by atoms with Crippen LogP contribution in [0.2, 0.25) is 0 Å². The zero-order chi connectivity index (χ0) is 12.5. The highest BCUT2D eigenvalue weighted by molar-refractivity contribution is 5.00. The summed E-state index contributed by atoms with van der Waals surface area (Å²) in [6, 6.07) is 0. The number of ether oxygens (including phenoxy) is 1. The average Bonchev–Trinajstić information content (AvgIpc) is 2.30. The van der Waals surface area contributed by atoms with Gasteiger partial charge in [-0.15, -0.1) is 0 Å². The summed E-state index contributed by atoms with van der Waals surface area (Å²) in [6.07, 6.45) is 3.79. The number of piperidine rings is 1. The van der Waals surface area contributed by atoms with Crippen LogP contribution in [0, 0.1) is 5.92 Å². The summed E-state index contributed by atoms with van der Waals surface area (Å²) in [6.45, 7) is 12.7. The normalized spacial score (nSPS) is 21.6. The number of hydrogen-bond acceptors (Lipinski definition) is 3. The largest absolute Gasteiger partial charge is 0.384 e. The average molecular weight is 240 g/mol. The number of hydrogen-bond donors (Lipinski definition) is 1. The van der Waals surface area contributed by atoms with Crippen LogP contribution in [-0.2, 0) is 4.74 Å². The van der Waals surface area contributed by atoms with Gasteiger partial charge in [0.1, 0.15) is 0 Å². The number of rotatable bonds is 8. The minimum absolute atomic E-state index is 0.713. The van der Waals surface area contributed by atoms with E-state index in [0.717, 1.165) is 26.2 Å². The molecule has 1 aliphatic rings. The first-order valence-corrected chi connectivity index (χ1v) is 6.85. The lowest BCUT2D eigenvalue weighted by Gasteiger charge is -2.32. The second-order valence-electron chi connectivity index (χ2n) is 5.13. The predicted molar refractivity (Wildman–Crippen MR) is 73.3 cm³/mol. The van der Waals surface area contributed by atoms with Crippen molar-refractivity contribution in [2.45, 2.75) is 26.2 Å². The van der Waals surface area contributed by atoms with Crippen LogP contribution in [0.1, 0.15) is 26.2 Å². The Morgan fingerprint density at radius 1 is 1.53 bits per heavy atom. The van der Waals surface area contributed by atoms with E-state index in [4.69, 9.17) is 4.74 Å². The zero-order valence-electron chi connectivity index (χ0n) is 11.5. The first kappa shape index (κ1) is 14.7. The van der Waals surface area contributed by atoms with E-state index >= 15 is 0 Å². The van der Waals surface area contributed by atoms with Gasteiger partial charge < -0.3 is 10.1 Å². The van der Waals surface area contributed by atoms with E-state index < -0.39 is 0 Å². The number of methoxy groups -OCH3 is 1. The van der Waals surface area contributed by atoms with Gasteiger partial charge in [0, 0.05) is 26.7 Å². The van der Waals surface area contributed by atoms with Gasteiger partial charge in [0.15, 0.2) is 0 Å². The van der Waals surface area contributed by atoms with Crippen LogP contribution in [0.5, 0.6) is 0 Å². The van der Waals surface area contributed by atoms with E-state index in [-0.39, 0.29) is 0 Å². The Morgan fingerprint density at radius 3 is 3.06 bits per heavy atom. The number of nitrogens with zero attached hydrogens (tertiary/aromatic N) is 1. The summed E-state index contributed by atoms with van der Waals surface area (Å²) in [5, 5.41) is 3.41. The van der Waals surface area contributed by atoms with Crippen LogP contribution >= 0.6 is 0 Å². The van der Waals surface area contributed by atoms with Crippen molar-refractivity contribution in [1.82, 2.24) is 10.2 Å². The van der Waals surface area contributed by atoms with Gasteiger partial charge in [-0.2, -0.15) is 0 Å². The molecule has 0 aromatic heterocycles. The van der Waals surface area contributed by atoms with Gasteiger partial charge in [-0.25, -0.2) is 0 Å². The minimum Gasteiger partial charge on any atom is -0.384 e. The molecular weight excluding hydrogens is 212 g/mol. The monoisotopic (exact) mass is 240 g/mol. The van der Waals surface area contributed by atoms with E-state index in [1.165, 1.54) is 37.9 Å². The summed E-state index contributed by atoms with van der Waals surface area (Å²) >= 11 is 0. The fraction of sp³-hybridized carbons (Fsp3) is 0.857. The molecular formula is C14H28N2O. The molecule has 0 aromatic rings. The van der Waals surface area contributed by atoms with E-state index in [1.807, 2.05) is 0 Å². The molecule has 1 unspecified atom stereocenters. The van der Waals surface area contributed by atoms with E-state index in [9.17, 15) is 0 Å². The molecule has 100 valence electrons. The maximum Gasteiger partial charge on any atom is 0.0502 e. The van der Waals surface area contributed by atoms with Crippen LogP contribution < -0.4 is 5.32 Å². The summed E-state index contributed by atoms with van der Waals surface area (Å²) < 4.78 is 5.25. The van der Waals surface area contributed by atoms with Crippen molar-refractivity contribution >= 4 is 0 Å². The molecule has 1 fully saturated rings. The Morgan fingerprint density at radius 2 is 2.35 bits per heavy atom. The third kappa shape index (κ3) is 6.20. The smallest absolute Gasteiger partial charge is 0.0502 e. The Hall–Kier alpha value is -0.380. The molecule has 1 saturated heterocycles. The maximum atomic E-state index is 5.25. The summed E-state index contributed by atoms with van der Waals surface area (Å²) in [4.78, 5) is 2.52. The van der Waals surface area contributed by atoms with Crippen molar-refractivity contribution in [3.63, 3.8) is 0 Å². The highest BCUT2D eigenvalue weighted by Gasteiger charge is 2.19. The summed E-state index contributed by atoms with van der Waals surface area (Å²) in [5.41, 5.74) is 1.30. The lowest BCUT2D eigenvalue weighted by atomic mass is 9.98. The fourth-order valence-electron chi connectivity index (χ4n) is 2.48. The first-order chi connectivity index (χ1) is 8.26. The molecule has 3 heteroatoms. The molecule has 0 saturated carbocycles. The lowest BCUT2D eigenvalue weighted by Crippen LogP contribution is -2.39. The molecule has 1 heterocycles. The van der Waals surface area contributed by atoms with Crippen LogP contribution in [0.25, 0.3) is 0 Å². The maximum absolute atomic E-state index is 5.25. The van der Waals surface area contributed by atoms with Gasteiger partial charge in [0.25, 0.3) is 0 Å². The lowest BCUT2D eigenvalue weighted by molar-refractivity contribution is 0.0947. The molecule has 1 N–H and O–H groups in total. The first-order valence-electron chi connectivity index (χ1n) is 6.85. The Labute approximate surface area is 106 Å². The molecule has 0 aromatic carbocycles. The molecule has 0 bridgehead atoms. The zero-order valence-corrected chi connectivity index (χ0v) is 11.5. The van der Waals surface area contributed by atoms with Gasteiger partial charge in [-0.05, 0) is 43.8 Å². The molecule has 0 radical (unpaired) electrons. The van der Waals surface area contributed by atoms with Crippen molar-refractivity contribution in [3.8, 4) is 0 Å². The Balaban J connectivity index is 2.18. The molecule has 1 rings (SSSR count). The SMILES string of the molecule is C=C(CNCCC)CN1CCCC(COC)C1. The summed E-state index contributed by atoms with van der Waals surface area (Å²) in [7, 11) is 1.80. The van der Waals surface area contributed by atoms with Crippen molar-refractivity contribution in [3.05, 3.63) is 12.2 Å². The number of likely N-dealkylation sites (tertiary alicyclic amines) is 1. The van der Waals surface area contributed by atoms with Gasteiger partial charge in [-0.3, -0.25) is 4.90 Å². The standard InChI is InChI=1S/C14H28N2O/c1-4-7-15-9-13(2)10-16-8-5-6-14(11-16)12-17-3/h14-15H,2,4-12H2,1,3H3. The quantitative estimate of drug-likeness (QED) is 0.518. The Bertz CT molecular complexity index is 216. The van der Waals surface area contributed by atoms with Crippen LogP contribution in [0.3, 0.4) is 0 Å². The third-order valence-corrected chi connectivity index (χ3v) is 3.25. The molecule has 0 amide bonds. The highest BCUT2D eigenvalue weighted by atomic mass is 16.5. The molecule has 17 heavy (non-hydrogen) atoms. The van der Waals surface area contributed by atoms with Gasteiger partial charge in [-0.1, -0.05) is 13.5 Å². The second-order valence-corrected chi connectivity index (χ2v) is 5.13. The van der Waals surface area contributed by atoms with E-state index in [0.29, 0.717) is 5.92 Å². The minimum atomic E-state index is 0.713. The third-order valence-electron chi connectivity index (χ3n) is 3.25. The van der Waals surface area contributed by atoms with Crippen LogP contribution in [0.15, 0.2) is 12.2 Å². The molecule has 1 aliphatic heterocycles. The fourth-order valence-corrected chi connectivity index (χ4v) is 2.48.